The minimum Gasteiger partial charge on any atom is -0.377 e. The van der Waals surface area contributed by atoms with Gasteiger partial charge < -0.3 is 5.11 Å². The summed E-state index contributed by atoms with van der Waals surface area (Å²) in [5, 5.41) is 10.5. The summed E-state index contributed by atoms with van der Waals surface area (Å²) in [6.45, 7) is 8.32. The van der Waals surface area contributed by atoms with Gasteiger partial charge in [-0.05, 0) is 30.6 Å². The first kappa shape index (κ1) is 9.80. The Morgan fingerprint density at radius 2 is 2.21 bits per heavy atom. The van der Waals surface area contributed by atoms with Crippen molar-refractivity contribution < 1.29 is 5.11 Å². The highest BCUT2D eigenvalue weighted by atomic mass is 16.3. The average molecular weight is 190 g/mol. The standard InChI is InChI=1S/C13H18O/c1-5-12-8-7-10(11(12,3)4)9-13(12,14)6-2/h2,5,10,14H,1,7-9H2,3-4H3/t10-,12-,13-/m1/s1. The van der Waals surface area contributed by atoms with Gasteiger partial charge in [0, 0.05) is 5.41 Å². The van der Waals surface area contributed by atoms with Crippen molar-refractivity contribution >= 4 is 0 Å². The lowest BCUT2D eigenvalue weighted by atomic mass is 9.63. The molecule has 3 atom stereocenters. The van der Waals surface area contributed by atoms with E-state index in [2.05, 4.69) is 26.3 Å². The molecule has 0 aromatic carbocycles. The number of terminal acetylenes is 1. The zero-order valence-corrected chi connectivity index (χ0v) is 9.01. The number of rotatable bonds is 1. The van der Waals surface area contributed by atoms with Gasteiger partial charge in [-0.15, -0.1) is 13.0 Å². The first-order valence-corrected chi connectivity index (χ1v) is 5.27. The highest BCUT2D eigenvalue weighted by molar-refractivity contribution is 5.33. The molecular weight excluding hydrogens is 172 g/mol. The van der Waals surface area contributed by atoms with Gasteiger partial charge in [0.15, 0.2) is 0 Å². The fourth-order valence-electron chi connectivity index (χ4n) is 3.81. The molecule has 2 bridgehead atoms. The second-order valence-corrected chi connectivity index (χ2v) is 5.34. The van der Waals surface area contributed by atoms with Crippen LogP contribution in [0, 0.1) is 29.1 Å². The molecule has 0 aromatic rings. The highest BCUT2D eigenvalue weighted by Crippen LogP contribution is 2.70. The van der Waals surface area contributed by atoms with Crippen molar-refractivity contribution in [3.63, 3.8) is 0 Å². The summed E-state index contributed by atoms with van der Waals surface area (Å²) < 4.78 is 0. The van der Waals surface area contributed by atoms with Gasteiger partial charge in [-0.3, -0.25) is 0 Å². The largest absolute Gasteiger partial charge is 0.377 e. The summed E-state index contributed by atoms with van der Waals surface area (Å²) >= 11 is 0. The van der Waals surface area contributed by atoms with Crippen molar-refractivity contribution in [2.75, 3.05) is 0 Å². The van der Waals surface area contributed by atoms with Gasteiger partial charge in [0.1, 0.15) is 5.60 Å². The van der Waals surface area contributed by atoms with Gasteiger partial charge in [0.2, 0.25) is 0 Å². The van der Waals surface area contributed by atoms with Crippen molar-refractivity contribution in [1.29, 1.82) is 0 Å². The maximum atomic E-state index is 10.5. The monoisotopic (exact) mass is 190 g/mol. The first-order valence-electron chi connectivity index (χ1n) is 5.27. The maximum absolute atomic E-state index is 10.5. The van der Waals surface area contributed by atoms with Crippen LogP contribution in [0.25, 0.3) is 0 Å². The zero-order valence-electron chi connectivity index (χ0n) is 9.01. The normalized spacial score (nSPS) is 48.9. The topological polar surface area (TPSA) is 20.2 Å². The Hall–Kier alpha value is -0.740. The van der Waals surface area contributed by atoms with E-state index in [4.69, 9.17) is 6.42 Å². The van der Waals surface area contributed by atoms with Crippen LogP contribution in [-0.2, 0) is 0 Å². The molecule has 0 amide bonds. The summed E-state index contributed by atoms with van der Waals surface area (Å²) in [5.41, 5.74) is -1.13. The molecule has 14 heavy (non-hydrogen) atoms. The second kappa shape index (κ2) is 2.44. The third-order valence-corrected chi connectivity index (χ3v) is 4.92. The number of hydrogen-bond donors (Lipinski definition) is 1. The molecule has 0 unspecified atom stereocenters. The van der Waals surface area contributed by atoms with E-state index in [1.54, 1.807) is 0 Å². The Morgan fingerprint density at radius 1 is 1.57 bits per heavy atom. The SMILES string of the molecule is C#C[C@@]1(O)C[C@H]2CC[C@]1(C=C)C2(C)C. The summed E-state index contributed by atoms with van der Waals surface area (Å²) in [5.74, 6) is 3.15. The van der Waals surface area contributed by atoms with E-state index in [1.807, 2.05) is 6.08 Å². The van der Waals surface area contributed by atoms with Gasteiger partial charge in [0.25, 0.3) is 0 Å². The predicted octanol–water partition coefficient (Wildman–Crippen LogP) is 2.36. The first-order chi connectivity index (χ1) is 6.43. The molecule has 1 N–H and O–H groups in total. The van der Waals surface area contributed by atoms with Crippen molar-refractivity contribution in [2.45, 2.75) is 38.7 Å². The predicted molar refractivity (Wildman–Crippen MR) is 57.5 cm³/mol. The molecule has 0 aliphatic heterocycles. The minimum atomic E-state index is -0.957. The molecule has 0 heterocycles. The van der Waals surface area contributed by atoms with Crippen molar-refractivity contribution in [1.82, 2.24) is 0 Å². The Kier molecular flexibility index (Phi) is 1.71. The average Bonchev–Trinajstić information content (AvgIpc) is 2.49. The number of fused-ring (bicyclic) bond motifs is 2. The van der Waals surface area contributed by atoms with Crippen LogP contribution in [0.1, 0.15) is 33.1 Å². The Bertz CT molecular complexity index is 323. The lowest BCUT2D eigenvalue weighted by Crippen LogP contribution is -2.46. The third kappa shape index (κ3) is 0.731. The zero-order chi connectivity index (χ0) is 10.6. The maximum Gasteiger partial charge on any atom is 0.135 e. The van der Waals surface area contributed by atoms with Crippen LogP contribution in [0.4, 0.5) is 0 Å². The van der Waals surface area contributed by atoms with E-state index >= 15 is 0 Å². The quantitative estimate of drug-likeness (QED) is 0.497. The van der Waals surface area contributed by atoms with Crippen LogP contribution >= 0.6 is 0 Å². The lowest BCUT2D eigenvalue weighted by Gasteiger charge is -2.42. The van der Waals surface area contributed by atoms with Crippen LogP contribution in [0.15, 0.2) is 12.7 Å². The van der Waals surface area contributed by atoms with Crippen LogP contribution in [0.5, 0.6) is 0 Å². The van der Waals surface area contributed by atoms with Gasteiger partial charge in [-0.2, -0.15) is 0 Å². The Labute approximate surface area is 86.2 Å². The van der Waals surface area contributed by atoms with Gasteiger partial charge in [-0.1, -0.05) is 25.8 Å². The van der Waals surface area contributed by atoms with E-state index in [-0.39, 0.29) is 10.8 Å². The molecule has 2 aliphatic carbocycles. The van der Waals surface area contributed by atoms with Crippen LogP contribution in [0.3, 0.4) is 0 Å². The number of aliphatic hydroxyl groups is 1. The fourth-order valence-corrected chi connectivity index (χ4v) is 3.81. The second-order valence-electron chi connectivity index (χ2n) is 5.34. The van der Waals surface area contributed by atoms with Crippen LogP contribution in [-0.4, -0.2) is 10.7 Å². The molecule has 2 rings (SSSR count). The summed E-state index contributed by atoms with van der Waals surface area (Å²) in [7, 11) is 0. The molecule has 2 aliphatic rings. The Morgan fingerprint density at radius 3 is 2.57 bits per heavy atom. The molecule has 1 nitrogen and oxygen atoms in total. The number of hydrogen-bond acceptors (Lipinski definition) is 1. The molecule has 76 valence electrons. The van der Waals surface area contributed by atoms with Crippen molar-refractivity contribution in [3.8, 4) is 12.3 Å². The van der Waals surface area contributed by atoms with E-state index in [0.29, 0.717) is 5.92 Å². The molecular formula is C13H18O. The Balaban J connectivity index is 2.59. The van der Waals surface area contributed by atoms with Crippen LogP contribution in [0.2, 0.25) is 0 Å². The van der Waals surface area contributed by atoms with E-state index in [9.17, 15) is 5.11 Å². The minimum absolute atomic E-state index is 0.0931. The molecule has 1 heteroatoms. The van der Waals surface area contributed by atoms with Crippen LogP contribution < -0.4 is 0 Å². The van der Waals surface area contributed by atoms with E-state index in [0.717, 1.165) is 12.8 Å². The van der Waals surface area contributed by atoms with Gasteiger partial charge in [0.05, 0.1) is 0 Å². The highest BCUT2D eigenvalue weighted by Gasteiger charge is 2.69. The molecule has 2 saturated carbocycles. The molecule has 0 spiro atoms. The van der Waals surface area contributed by atoms with Crippen molar-refractivity contribution in [2.24, 2.45) is 16.7 Å². The fraction of sp³-hybridized carbons (Fsp3) is 0.692. The summed E-state index contributed by atoms with van der Waals surface area (Å²) in [6.07, 6.45) is 10.3. The third-order valence-electron chi connectivity index (χ3n) is 4.92. The lowest BCUT2D eigenvalue weighted by molar-refractivity contribution is -0.0219. The summed E-state index contributed by atoms with van der Waals surface area (Å²) in [6, 6.07) is 0. The smallest absolute Gasteiger partial charge is 0.135 e. The van der Waals surface area contributed by atoms with Gasteiger partial charge in [-0.25, -0.2) is 0 Å². The van der Waals surface area contributed by atoms with E-state index < -0.39 is 5.60 Å². The van der Waals surface area contributed by atoms with E-state index in [1.165, 1.54) is 6.42 Å². The molecule has 0 radical (unpaired) electrons. The molecule has 0 aromatic heterocycles. The summed E-state index contributed by atoms with van der Waals surface area (Å²) in [4.78, 5) is 0. The van der Waals surface area contributed by atoms with Crippen molar-refractivity contribution in [3.05, 3.63) is 12.7 Å². The van der Waals surface area contributed by atoms with Gasteiger partial charge >= 0.3 is 0 Å². The molecule has 2 fully saturated rings. The molecule has 0 saturated heterocycles.